The second-order valence-corrected chi connectivity index (χ2v) is 4.73. The third-order valence-corrected chi connectivity index (χ3v) is 2.96. The quantitative estimate of drug-likeness (QED) is 0.795. The van der Waals surface area contributed by atoms with Gasteiger partial charge in [0.25, 0.3) is 0 Å². The molecule has 1 atom stereocenters. The Morgan fingerprint density at radius 3 is 2.72 bits per heavy atom. The van der Waals surface area contributed by atoms with Crippen molar-refractivity contribution in [3.63, 3.8) is 0 Å². The molecular formula is C14H21N3O. The lowest BCUT2D eigenvalue weighted by molar-refractivity contribution is 0.318. The van der Waals surface area contributed by atoms with E-state index in [1.807, 2.05) is 6.07 Å². The van der Waals surface area contributed by atoms with Crippen molar-refractivity contribution in [2.45, 2.75) is 26.8 Å². The van der Waals surface area contributed by atoms with E-state index in [1.54, 1.807) is 0 Å². The van der Waals surface area contributed by atoms with E-state index in [2.05, 4.69) is 48.5 Å². The summed E-state index contributed by atoms with van der Waals surface area (Å²) in [6.07, 6.45) is 0. The Hall–Kier alpha value is -1.71. The van der Waals surface area contributed by atoms with Crippen molar-refractivity contribution >= 4 is 5.96 Å². The van der Waals surface area contributed by atoms with Gasteiger partial charge in [-0.05, 0) is 31.9 Å². The second kappa shape index (κ2) is 5.76. The SMILES string of the molecule is Cc1cccc(C)c1OCCNC1=NCC(C)N1. The van der Waals surface area contributed by atoms with Crippen molar-refractivity contribution in [1.29, 1.82) is 0 Å². The first-order valence-electron chi connectivity index (χ1n) is 6.40. The molecule has 0 aromatic heterocycles. The first kappa shape index (κ1) is 12.7. The topological polar surface area (TPSA) is 45.6 Å². The molecule has 1 aliphatic rings. The van der Waals surface area contributed by atoms with Crippen LogP contribution in [-0.4, -0.2) is 31.7 Å². The van der Waals surface area contributed by atoms with Crippen LogP contribution in [0.5, 0.6) is 5.75 Å². The highest BCUT2D eigenvalue weighted by Crippen LogP contribution is 2.21. The number of guanidine groups is 1. The molecule has 1 aliphatic heterocycles. The Morgan fingerprint density at radius 2 is 2.11 bits per heavy atom. The third-order valence-electron chi connectivity index (χ3n) is 2.96. The van der Waals surface area contributed by atoms with Gasteiger partial charge in [-0.1, -0.05) is 18.2 Å². The van der Waals surface area contributed by atoms with E-state index in [0.29, 0.717) is 12.6 Å². The molecule has 0 spiro atoms. The zero-order valence-electron chi connectivity index (χ0n) is 11.3. The number of ether oxygens (including phenoxy) is 1. The number of aliphatic imine (C=N–C) groups is 1. The molecular weight excluding hydrogens is 226 g/mol. The van der Waals surface area contributed by atoms with E-state index in [0.717, 1.165) is 24.8 Å². The molecule has 1 heterocycles. The third kappa shape index (κ3) is 3.15. The average Bonchev–Trinajstić information content (AvgIpc) is 2.73. The van der Waals surface area contributed by atoms with Gasteiger partial charge in [-0.15, -0.1) is 0 Å². The van der Waals surface area contributed by atoms with Gasteiger partial charge >= 0.3 is 0 Å². The lowest BCUT2D eigenvalue weighted by Crippen LogP contribution is -2.39. The van der Waals surface area contributed by atoms with Gasteiger partial charge in [0, 0.05) is 6.04 Å². The fraction of sp³-hybridized carbons (Fsp3) is 0.500. The smallest absolute Gasteiger partial charge is 0.191 e. The molecule has 1 aromatic rings. The first-order valence-corrected chi connectivity index (χ1v) is 6.40. The molecule has 0 aliphatic carbocycles. The summed E-state index contributed by atoms with van der Waals surface area (Å²) >= 11 is 0. The highest BCUT2D eigenvalue weighted by molar-refractivity contribution is 5.81. The number of rotatable bonds is 4. The minimum absolute atomic E-state index is 0.437. The van der Waals surface area contributed by atoms with Gasteiger partial charge in [-0.2, -0.15) is 0 Å². The summed E-state index contributed by atoms with van der Waals surface area (Å²) in [6, 6.07) is 6.63. The fourth-order valence-electron chi connectivity index (χ4n) is 2.01. The van der Waals surface area contributed by atoms with E-state index in [9.17, 15) is 0 Å². The highest BCUT2D eigenvalue weighted by atomic mass is 16.5. The number of aryl methyl sites for hydroxylation is 2. The second-order valence-electron chi connectivity index (χ2n) is 4.73. The molecule has 4 nitrogen and oxygen atoms in total. The van der Waals surface area contributed by atoms with Gasteiger partial charge in [0.2, 0.25) is 0 Å². The fourth-order valence-corrected chi connectivity index (χ4v) is 2.01. The number of nitrogens with one attached hydrogen (secondary N) is 2. The minimum atomic E-state index is 0.437. The normalized spacial score (nSPS) is 18.2. The molecule has 18 heavy (non-hydrogen) atoms. The van der Waals surface area contributed by atoms with Gasteiger partial charge in [0.1, 0.15) is 12.4 Å². The van der Waals surface area contributed by atoms with Crippen LogP contribution in [0, 0.1) is 13.8 Å². The summed E-state index contributed by atoms with van der Waals surface area (Å²) in [5, 5.41) is 6.49. The maximum atomic E-state index is 5.81. The zero-order valence-corrected chi connectivity index (χ0v) is 11.3. The molecule has 0 bridgehead atoms. The van der Waals surface area contributed by atoms with Crippen molar-refractivity contribution in [2.24, 2.45) is 4.99 Å². The molecule has 0 fully saturated rings. The monoisotopic (exact) mass is 247 g/mol. The van der Waals surface area contributed by atoms with Crippen LogP contribution in [0.25, 0.3) is 0 Å². The van der Waals surface area contributed by atoms with Crippen LogP contribution in [0.15, 0.2) is 23.2 Å². The van der Waals surface area contributed by atoms with Crippen LogP contribution in [0.2, 0.25) is 0 Å². The van der Waals surface area contributed by atoms with Crippen LogP contribution in [0.1, 0.15) is 18.1 Å². The summed E-state index contributed by atoms with van der Waals surface area (Å²) in [7, 11) is 0. The van der Waals surface area contributed by atoms with Gasteiger partial charge < -0.3 is 15.4 Å². The molecule has 0 saturated carbocycles. The van der Waals surface area contributed by atoms with Crippen LogP contribution in [-0.2, 0) is 0 Å². The van der Waals surface area contributed by atoms with E-state index in [1.165, 1.54) is 11.1 Å². The van der Waals surface area contributed by atoms with Crippen molar-refractivity contribution in [2.75, 3.05) is 19.7 Å². The van der Waals surface area contributed by atoms with Crippen LogP contribution in [0.4, 0.5) is 0 Å². The summed E-state index contributed by atoms with van der Waals surface area (Å²) in [6.45, 7) is 8.50. The lowest BCUT2D eigenvalue weighted by Gasteiger charge is -2.13. The average molecular weight is 247 g/mol. The van der Waals surface area contributed by atoms with Crippen LogP contribution < -0.4 is 15.4 Å². The minimum Gasteiger partial charge on any atom is -0.491 e. The lowest BCUT2D eigenvalue weighted by atomic mass is 10.1. The van der Waals surface area contributed by atoms with Crippen LogP contribution >= 0.6 is 0 Å². The predicted molar refractivity (Wildman–Crippen MR) is 74.3 cm³/mol. The molecule has 98 valence electrons. The summed E-state index contributed by atoms with van der Waals surface area (Å²) in [5.74, 6) is 1.88. The van der Waals surface area contributed by atoms with Crippen molar-refractivity contribution in [3.8, 4) is 5.75 Å². The number of hydrogen-bond donors (Lipinski definition) is 2. The largest absolute Gasteiger partial charge is 0.491 e. The van der Waals surface area contributed by atoms with Gasteiger partial charge in [0.05, 0.1) is 13.1 Å². The standard InChI is InChI=1S/C14H21N3O/c1-10-5-4-6-11(2)13(10)18-8-7-15-14-16-9-12(3)17-14/h4-6,12H,7-9H2,1-3H3,(H2,15,16,17). The number of nitrogens with zero attached hydrogens (tertiary/aromatic N) is 1. The molecule has 2 rings (SSSR count). The summed E-state index contributed by atoms with van der Waals surface area (Å²) < 4.78 is 5.81. The summed E-state index contributed by atoms with van der Waals surface area (Å²) in [4.78, 5) is 4.34. The van der Waals surface area contributed by atoms with E-state index in [-0.39, 0.29) is 0 Å². The van der Waals surface area contributed by atoms with Gasteiger partial charge in [-0.25, -0.2) is 0 Å². The Labute approximate surface area is 108 Å². The molecule has 0 saturated heterocycles. The Morgan fingerprint density at radius 1 is 1.39 bits per heavy atom. The molecule has 0 radical (unpaired) electrons. The van der Waals surface area contributed by atoms with Crippen molar-refractivity contribution < 1.29 is 4.74 Å². The number of para-hydroxylation sites is 1. The van der Waals surface area contributed by atoms with Crippen molar-refractivity contribution in [3.05, 3.63) is 29.3 Å². The van der Waals surface area contributed by atoms with E-state index in [4.69, 9.17) is 4.74 Å². The number of hydrogen-bond acceptors (Lipinski definition) is 4. The molecule has 2 N–H and O–H groups in total. The Balaban J connectivity index is 1.76. The molecule has 0 amide bonds. The maximum absolute atomic E-state index is 5.81. The molecule has 4 heteroatoms. The van der Waals surface area contributed by atoms with Crippen molar-refractivity contribution in [1.82, 2.24) is 10.6 Å². The predicted octanol–water partition coefficient (Wildman–Crippen LogP) is 1.62. The molecule has 1 aromatic carbocycles. The highest BCUT2D eigenvalue weighted by Gasteiger charge is 2.11. The van der Waals surface area contributed by atoms with Crippen LogP contribution in [0.3, 0.4) is 0 Å². The maximum Gasteiger partial charge on any atom is 0.191 e. The van der Waals surface area contributed by atoms with E-state index >= 15 is 0 Å². The van der Waals surface area contributed by atoms with Gasteiger partial charge in [0.15, 0.2) is 5.96 Å². The summed E-state index contributed by atoms with van der Waals surface area (Å²) in [5.41, 5.74) is 2.36. The van der Waals surface area contributed by atoms with E-state index < -0.39 is 0 Å². The van der Waals surface area contributed by atoms with Gasteiger partial charge in [-0.3, -0.25) is 4.99 Å². The molecule has 1 unspecified atom stereocenters. The number of benzene rings is 1. The Bertz CT molecular complexity index is 422. The first-order chi connectivity index (χ1) is 8.66. The zero-order chi connectivity index (χ0) is 13.0. The Kier molecular flexibility index (Phi) is 4.07.